The van der Waals surface area contributed by atoms with Crippen LogP contribution in [0.3, 0.4) is 0 Å². The van der Waals surface area contributed by atoms with Crippen LogP contribution in [0.25, 0.3) is 0 Å². The van der Waals surface area contributed by atoms with Gasteiger partial charge in [0.2, 0.25) is 5.91 Å². The second kappa shape index (κ2) is 8.67. The minimum absolute atomic E-state index is 0.0836. The van der Waals surface area contributed by atoms with Crippen LogP contribution in [0.4, 0.5) is 0 Å². The summed E-state index contributed by atoms with van der Waals surface area (Å²) in [6, 6.07) is 8.08. The third-order valence-corrected chi connectivity index (χ3v) is 3.88. The van der Waals surface area contributed by atoms with E-state index in [9.17, 15) is 4.79 Å². The summed E-state index contributed by atoms with van der Waals surface area (Å²) in [7, 11) is 0. The molecular weight excluding hydrogens is 264 g/mol. The van der Waals surface area contributed by atoms with E-state index in [-0.39, 0.29) is 11.9 Å². The summed E-state index contributed by atoms with van der Waals surface area (Å²) in [6.45, 7) is 1.47. The standard InChI is InChI=1S/C17H26N2O2/c18-12-6-2-1-3-11-17(20)19-15-9-7-13-21-16-10-5-4-8-14(15)16/h4-5,8,10,15H,1-3,6-7,9,11-13,18H2,(H,19,20). The van der Waals surface area contributed by atoms with E-state index in [1.807, 2.05) is 24.3 Å². The fourth-order valence-corrected chi connectivity index (χ4v) is 2.72. The van der Waals surface area contributed by atoms with Crippen LogP contribution < -0.4 is 15.8 Å². The van der Waals surface area contributed by atoms with Crippen LogP contribution in [-0.2, 0) is 4.79 Å². The predicted octanol–water partition coefficient (Wildman–Crippen LogP) is 2.93. The molecule has 1 heterocycles. The summed E-state index contributed by atoms with van der Waals surface area (Å²) in [5, 5.41) is 3.16. The number of fused-ring (bicyclic) bond motifs is 1. The lowest BCUT2D eigenvalue weighted by molar-refractivity contribution is -0.122. The predicted molar refractivity (Wildman–Crippen MR) is 84.2 cm³/mol. The zero-order valence-electron chi connectivity index (χ0n) is 12.6. The molecule has 0 spiro atoms. The first-order chi connectivity index (χ1) is 10.3. The Morgan fingerprint density at radius 3 is 2.90 bits per heavy atom. The second-order valence-corrected chi connectivity index (χ2v) is 5.60. The highest BCUT2D eigenvalue weighted by Crippen LogP contribution is 2.31. The summed E-state index contributed by atoms with van der Waals surface area (Å²) >= 11 is 0. The van der Waals surface area contributed by atoms with E-state index in [1.54, 1.807) is 0 Å². The summed E-state index contributed by atoms with van der Waals surface area (Å²) in [6.07, 6.45) is 6.70. The Hall–Kier alpha value is -1.55. The van der Waals surface area contributed by atoms with E-state index in [0.717, 1.165) is 63.0 Å². The first kappa shape index (κ1) is 15.8. The van der Waals surface area contributed by atoms with Crippen molar-refractivity contribution >= 4 is 5.91 Å². The highest BCUT2D eigenvalue weighted by Gasteiger charge is 2.20. The fraction of sp³-hybridized carbons (Fsp3) is 0.588. The molecule has 1 aliphatic heterocycles. The van der Waals surface area contributed by atoms with Crippen LogP contribution >= 0.6 is 0 Å². The summed E-state index contributed by atoms with van der Waals surface area (Å²) in [5.74, 6) is 1.05. The van der Waals surface area contributed by atoms with Crippen LogP contribution in [0.1, 0.15) is 56.6 Å². The largest absolute Gasteiger partial charge is 0.493 e. The van der Waals surface area contributed by atoms with E-state index in [4.69, 9.17) is 10.5 Å². The highest BCUT2D eigenvalue weighted by molar-refractivity contribution is 5.76. The van der Waals surface area contributed by atoms with Crippen molar-refractivity contribution in [3.63, 3.8) is 0 Å². The SMILES string of the molecule is NCCCCCCC(=O)NC1CCCOc2ccccc21. The summed E-state index contributed by atoms with van der Waals surface area (Å²) in [5.41, 5.74) is 6.57. The van der Waals surface area contributed by atoms with Crippen molar-refractivity contribution in [3.8, 4) is 5.75 Å². The maximum absolute atomic E-state index is 12.1. The third-order valence-electron chi connectivity index (χ3n) is 3.88. The van der Waals surface area contributed by atoms with Gasteiger partial charge in [-0.05, 0) is 38.3 Å². The average molecular weight is 290 g/mol. The van der Waals surface area contributed by atoms with Gasteiger partial charge in [0.15, 0.2) is 0 Å². The van der Waals surface area contributed by atoms with Crippen molar-refractivity contribution < 1.29 is 9.53 Å². The smallest absolute Gasteiger partial charge is 0.220 e. The molecule has 4 nitrogen and oxygen atoms in total. The molecule has 2 rings (SSSR count). The molecule has 1 atom stereocenters. The van der Waals surface area contributed by atoms with Gasteiger partial charge >= 0.3 is 0 Å². The topological polar surface area (TPSA) is 64.4 Å². The van der Waals surface area contributed by atoms with Gasteiger partial charge in [-0.3, -0.25) is 4.79 Å². The van der Waals surface area contributed by atoms with E-state index >= 15 is 0 Å². The van der Waals surface area contributed by atoms with Crippen LogP contribution in [0, 0.1) is 0 Å². The average Bonchev–Trinajstić information content (AvgIpc) is 2.70. The molecule has 0 saturated carbocycles. The number of rotatable bonds is 7. The molecule has 3 N–H and O–H groups in total. The molecule has 21 heavy (non-hydrogen) atoms. The summed E-state index contributed by atoms with van der Waals surface area (Å²) in [4.78, 5) is 12.1. The van der Waals surface area contributed by atoms with Gasteiger partial charge < -0.3 is 15.8 Å². The maximum atomic E-state index is 12.1. The molecule has 0 fully saturated rings. The van der Waals surface area contributed by atoms with Crippen molar-refractivity contribution in [2.45, 2.75) is 51.0 Å². The Morgan fingerprint density at radius 2 is 2.05 bits per heavy atom. The van der Waals surface area contributed by atoms with Gasteiger partial charge in [-0.1, -0.05) is 31.0 Å². The van der Waals surface area contributed by atoms with Crippen LogP contribution in [0.2, 0.25) is 0 Å². The van der Waals surface area contributed by atoms with Gasteiger partial charge in [-0.15, -0.1) is 0 Å². The molecule has 1 unspecified atom stereocenters. The lowest BCUT2D eigenvalue weighted by atomic mass is 10.0. The quantitative estimate of drug-likeness (QED) is 0.759. The molecule has 0 aromatic heterocycles. The van der Waals surface area contributed by atoms with E-state index in [0.29, 0.717) is 6.42 Å². The molecule has 0 bridgehead atoms. The van der Waals surface area contributed by atoms with Crippen molar-refractivity contribution in [2.75, 3.05) is 13.2 Å². The number of benzene rings is 1. The minimum Gasteiger partial charge on any atom is -0.493 e. The van der Waals surface area contributed by atoms with Crippen LogP contribution in [0.15, 0.2) is 24.3 Å². The molecule has 4 heteroatoms. The second-order valence-electron chi connectivity index (χ2n) is 5.60. The van der Waals surface area contributed by atoms with E-state index in [2.05, 4.69) is 5.32 Å². The Balaban J connectivity index is 1.83. The number of hydrogen-bond acceptors (Lipinski definition) is 3. The van der Waals surface area contributed by atoms with Crippen molar-refractivity contribution in [1.29, 1.82) is 0 Å². The fourth-order valence-electron chi connectivity index (χ4n) is 2.72. The zero-order chi connectivity index (χ0) is 14.9. The lowest BCUT2D eigenvalue weighted by Gasteiger charge is -2.18. The number of carbonyl (C=O) groups is 1. The van der Waals surface area contributed by atoms with Crippen molar-refractivity contribution in [3.05, 3.63) is 29.8 Å². The Kier molecular flexibility index (Phi) is 6.54. The zero-order valence-corrected chi connectivity index (χ0v) is 12.6. The van der Waals surface area contributed by atoms with Gasteiger partial charge in [0, 0.05) is 12.0 Å². The summed E-state index contributed by atoms with van der Waals surface area (Å²) < 4.78 is 5.72. The molecule has 1 aromatic carbocycles. The highest BCUT2D eigenvalue weighted by atomic mass is 16.5. The first-order valence-electron chi connectivity index (χ1n) is 8.02. The molecule has 0 radical (unpaired) electrons. The Morgan fingerprint density at radius 1 is 1.24 bits per heavy atom. The maximum Gasteiger partial charge on any atom is 0.220 e. The first-order valence-corrected chi connectivity index (χ1v) is 8.02. The molecule has 1 aromatic rings. The van der Waals surface area contributed by atoms with E-state index in [1.165, 1.54) is 0 Å². The molecule has 1 amide bonds. The molecular formula is C17H26N2O2. The molecule has 0 saturated heterocycles. The van der Waals surface area contributed by atoms with Gasteiger partial charge in [0.05, 0.1) is 12.6 Å². The molecule has 0 aliphatic carbocycles. The number of amides is 1. The minimum atomic E-state index is 0.0836. The Bertz CT molecular complexity index is 448. The number of unbranched alkanes of at least 4 members (excludes halogenated alkanes) is 3. The van der Waals surface area contributed by atoms with Crippen molar-refractivity contribution in [1.82, 2.24) is 5.32 Å². The number of nitrogens with one attached hydrogen (secondary N) is 1. The van der Waals surface area contributed by atoms with Gasteiger partial charge in [0.25, 0.3) is 0 Å². The Labute approximate surface area is 127 Å². The molecule has 1 aliphatic rings. The van der Waals surface area contributed by atoms with E-state index < -0.39 is 0 Å². The van der Waals surface area contributed by atoms with Gasteiger partial charge in [-0.25, -0.2) is 0 Å². The van der Waals surface area contributed by atoms with Crippen LogP contribution in [0.5, 0.6) is 5.75 Å². The lowest BCUT2D eigenvalue weighted by Crippen LogP contribution is -2.28. The number of nitrogens with two attached hydrogens (primary N) is 1. The number of hydrogen-bond donors (Lipinski definition) is 2. The van der Waals surface area contributed by atoms with Crippen LogP contribution in [-0.4, -0.2) is 19.1 Å². The molecule has 116 valence electrons. The normalized spacial score (nSPS) is 17.5. The number of carbonyl (C=O) groups excluding carboxylic acids is 1. The number of para-hydroxylation sites is 1. The monoisotopic (exact) mass is 290 g/mol. The van der Waals surface area contributed by atoms with Crippen molar-refractivity contribution in [2.24, 2.45) is 5.73 Å². The third kappa shape index (κ3) is 5.05. The van der Waals surface area contributed by atoms with Gasteiger partial charge in [-0.2, -0.15) is 0 Å². The number of ether oxygens (including phenoxy) is 1. The van der Waals surface area contributed by atoms with Gasteiger partial charge in [0.1, 0.15) is 5.75 Å².